The summed E-state index contributed by atoms with van der Waals surface area (Å²) in [6.45, 7) is 5.48. The van der Waals surface area contributed by atoms with E-state index >= 15 is 0 Å². The molecule has 5 nitrogen and oxygen atoms in total. The van der Waals surface area contributed by atoms with Crippen molar-refractivity contribution in [1.82, 2.24) is 10.2 Å². The lowest BCUT2D eigenvalue weighted by Crippen LogP contribution is -2.44. The van der Waals surface area contributed by atoms with Crippen molar-refractivity contribution in [3.8, 4) is 0 Å². The van der Waals surface area contributed by atoms with Gasteiger partial charge < -0.3 is 15.3 Å². The van der Waals surface area contributed by atoms with E-state index in [9.17, 15) is 14.7 Å². The van der Waals surface area contributed by atoms with E-state index in [0.29, 0.717) is 25.4 Å². The Labute approximate surface area is 129 Å². The number of hydrogen-bond donors (Lipinski definition) is 2. The topological polar surface area (TPSA) is 69.6 Å². The summed E-state index contributed by atoms with van der Waals surface area (Å²) < 4.78 is 0. The molecule has 0 fully saturated rings. The maximum Gasteiger partial charge on any atom is 0.317 e. The summed E-state index contributed by atoms with van der Waals surface area (Å²) in [4.78, 5) is 26.5. The van der Waals surface area contributed by atoms with Crippen molar-refractivity contribution < 1.29 is 14.7 Å². The molecule has 1 aromatic rings. The molecule has 0 radical (unpaired) electrons. The van der Waals surface area contributed by atoms with Gasteiger partial charge in [0.05, 0.1) is 5.92 Å². The number of thiophene rings is 1. The first kappa shape index (κ1) is 15.8. The van der Waals surface area contributed by atoms with Gasteiger partial charge in [0.1, 0.15) is 0 Å². The van der Waals surface area contributed by atoms with Gasteiger partial charge in [-0.25, -0.2) is 4.79 Å². The molecule has 116 valence electrons. The van der Waals surface area contributed by atoms with E-state index in [4.69, 9.17) is 0 Å². The summed E-state index contributed by atoms with van der Waals surface area (Å²) in [7, 11) is 0. The van der Waals surface area contributed by atoms with Gasteiger partial charge in [0.25, 0.3) is 0 Å². The molecule has 1 aliphatic heterocycles. The zero-order valence-corrected chi connectivity index (χ0v) is 13.3. The van der Waals surface area contributed by atoms with Crippen LogP contribution in [0.15, 0.2) is 11.4 Å². The largest absolute Gasteiger partial charge is 0.481 e. The van der Waals surface area contributed by atoms with E-state index in [1.165, 1.54) is 10.4 Å². The third-order valence-electron chi connectivity index (χ3n) is 3.70. The highest BCUT2D eigenvalue weighted by atomic mass is 32.1. The molecule has 0 aromatic carbocycles. The molecule has 0 saturated heterocycles. The molecule has 1 aliphatic rings. The predicted molar refractivity (Wildman–Crippen MR) is 82.4 cm³/mol. The number of carboxylic acids is 1. The van der Waals surface area contributed by atoms with Crippen molar-refractivity contribution in [2.75, 3.05) is 13.1 Å². The first-order valence-corrected chi connectivity index (χ1v) is 8.16. The smallest absolute Gasteiger partial charge is 0.317 e. The maximum atomic E-state index is 12.2. The predicted octanol–water partition coefficient (Wildman–Crippen LogP) is 2.56. The number of carbonyl (C=O) groups is 2. The maximum absolute atomic E-state index is 12.2. The van der Waals surface area contributed by atoms with E-state index in [-0.39, 0.29) is 12.6 Å². The van der Waals surface area contributed by atoms with Crippen LogP contribution in [0.4, 0.5) is 4.79 Å². The second-order valence-corrected chi connectivity index (χ2v) is 6.89. The van der Waals surface area contributed by atoms with E-state index in [2.05, 4.69) is 16.8 Å². The van der Waals surface area contributed by atoms with Crippen LogP contribution in [0, 0.1) is 11.8 Å². The number of aliphatic carboxylic acids is 1. The summed E-state index contributed by atoms with van der Waals surface area (Å²) in [5.74, 6) is -1.07. The molecule has 21 heavy (non-hydrogen) atoms. The van der Waals surface area contributed by atoms with Crippen LogP contribution in [0.3, 0.4) is 0 Å². The van der Waals surface area contributed by atoms with Crippen molar-refractivity contribution in [3.63, 3.8) is 0 Å². The minimum Gasteiger partial charge on any atom is -0.481 e. The van der Waals surface area contributed by atoms with E-state index in [1.54, 1.807) is 16.2 Å². The molecule has 0 spiro atoms. The van der Waals surface area contributed by atoms with Crippen molar-refractivity contribution in [1.29, 1.82) is 0 Å². The highest BCUT2D eigenvalue weighted by Gasteiger charge is 2.24. The molecular weight excluding hydrogens is 288 g/mol. The quantitative estimate of drug-likeness (QED) is 0.878. The molecule has 0 bridgehead atoms. The molecule has 1 aromatic heterocycles. The number of carbonyl (C=O) groups excluding carboxylic acids is 1. The van der Waals surface area contributed by atoms with Gasteiger partial charge >= 0.3 is 12.0 Å². The van der Waals surface area contributed by atoms with Crippen molar-refractivity contribution >= 4 is 23.3 Å². The summed E-state index contributed by atoms with van der Waals surface area (Å²) in [6, 6.07) is 1.89. The Bertz CT molecular complexity index is 513. The van der Waals surface area contributed by atoms with E-state index in [1.807, 2.05) is 13.8 Å². The highest BCUT2D eigenvalue weighted by molar-refractivity contribution is 7.10. The Hall–Kier alpha value is -1.56. The molecule has 2 N–H and O–H groups in total. The van der Waals surface area contributed by atoms with E-state index < -0.39 is 11.9 Å². The summed E-state index contributed by atoms with van der Waals surface area (Å²) >= 11 is 1.73. The zero-order valence-electron chi connectivity index (χ0n) is 12.5. The zero-order chi connectivity index (χ0) is 15.4. The average molecular weight is 310 g/mol. The van der Waals surface area contributed by atoms with Crippen LogP contribution in [0.25, 0.3) is 0 Å². The van der Waals surface area contributed by atoms with Crippen molar-refractivity contribution in [2.45, 2.75) is 33.2 Å². The van der Waals surface area contributed by atoms with Crippen LogP contribution >= 0.6 is 11.3 Å². The lowest BCUT2D eigenvalue weighted by molar-refractivity contribution is -0.142. The van der Waals surface area contributed by atoms with Crippen LogP contribution in [0.1, 0.15) is 30.7 Å². The Morgan fingerprint density at radius 1 is 1.48 bits per heavy atom. The average Bonchev–Trinajstić information content (AvgIpc) is 2.89. The second kappa shape index (κ2) is 6.93. The van der Waals surface area contributed by atoms with Crippen LogP contribution < -0.4 is 5.32 Å². The second-order valence-electron chi connectivity index (χ2n) is 5.89. The Morgan fingerprint density at radius 3 is 2.90 bits per heavy atom. The Balaban J connectivity index is 1.86. The highest BCUT2D eigenvalue weighted by Crippen LogP contribution is 2.23. The van der Waals surface area contributed by atoms with Gasteiger partial charge in [0, 0.05) is 24.5 Å². The number of nitrogens with zero attached hydrogens (tertiary/aromatic N) is 1. The summed E-state index contributed by atoms with van der Waals surface area (Å²) in [5, 5.41) is 14.0. The minimum absolute atomic E-state index is 0.165. The van der Waals surface area contributed by atoms with Crippen LogP contribution in [0.2, 0.25) is 0 Å². The standard InChI is InChI=1S/C15H22N2O3S/c1-10(2)7-12(14(18)19)8-16-15(20)17-5-3-13-11(9-17)4-6-21-13/h4,6,10,12H,3,5,7-9H2,1-2H3,(H,16,20)(H,18,19). The number of fused-ring (bicyclic) bond motifs is 1. The van der Waals surface area contributed by atoms with Crippen LogP contribution in [-0.4, -0.2) is 35.1 Å². The third kappa shape index (κ3) is 4.20. The molecule has 2 amide bonds. The molecule has 0 aliphatic carbocycles. The number of amides is 2. The van der Waals surface area contributed by atoms with Gasteiger partial charge in [0.15, 0.2) is 0 Å². The first-order valence-electron chi connectivity index (χ1n) is 7.28. The van der Waals surface area contributed by atoms with Crippen LogP contribution in [0.5, 0.6) is 0 Å². The monoisotopic (exact) mass is 310 g/mol. The molecule has 1 unspecified atom stereocenters. The van der Waals surface area contributed by atoms with Gasteiger partial charge in [-0.15, -0.1) is 11.3 Å². The number of nitrogens with one attached hydrogen (secondary N) is 1. The van der Waals surface area contributed by atoms with Gasteiger partial charge in [-0.3, -0.25) is 4.79 Å². The molecule has 2 heterocycles. The number of hydrogen-bond acceptors (Lipinski definition) is 3. The molecule has 1 atom stereocenters. The van der Waals surface area contributed by atoms with Gasteiger partial charge in [0.2, 0.25) is 0 Å². The van der Waals surface area contributed by atoms with Crippen molar-refractivity contribution in [3.05, 3.63) is 21.9 Å². The Kier molecular flexibility index (Phi) is 5.22. The number of rotatable bonds is 5. The van der Waals surface area contributed by atoms with E-state index in [0.717, 1.165) is 6.42 Å². The lowest BCUT2D eigenvalue weighted by atomic mass is 9.97. The van der Waals surface area contributed by atoms with Gasteiger partial charge in [-0.2, -0.15) is 0 Å². The fourth-order valence-electron chi connectivity index (χ4n) is 2.58. The van der Waals surface area contributed by atoms with Crippen molar-refractivity contribution in [2.24, 2.45) is 11.8 Å². The van der Waals surface area contributed by atoms with Gasteiger partial charge in [-0.1, -0.05) is 13.8 Å². The van der Waals surface area contributed by atoms with Gasteiger partial charge in [-0.05, 0) is 35.8 Å². The SMILES string of the molecule is CC(C)CC(CNC(=O)N1CCc2sccc2C1)C(=O)O. The fraction of sp³-hybridized carbons (Fsp3) is 0.600. The third-order valence-corrected chi connectivity index (χ3v) is 4.72. The molecule has 0 saturated carbocycles. The number of carboxylic acid groups (broad SMARTS) is 1. The first-order chi connectivity index (χ1) is 9.97. The number of urea groups is 1. The lowest BCUT2D eigenvalue weighted by Gasteiger charge is -2.27. The van der Waals surface area contributed by atoms with Crippen LogP contribution in [-0.2, 0) is 17.8 Å². The molecule has 2 rings (SSSR count). The normalized spacial score (nSPS) is 15.7. The molecular formula is C15H22N2O3S. The fourth-order valence-corrected chi connectivity index (χ4v) is 3.47. The summed E-state index contributed by atoms with van der Waals surface area (Å²) in [6.07, 6.45) is 1.46. The molecule has 6 heteroatoms. The Morgan fingerprint density at radius 2 is 2.24 bits per heavy atom. The summed E-state index contributed by atoms with van der Waals surface area (Å²) in [5.41, 5.74) is 1.21. The minimum atomic E-state index is -0.845.